The summed E-state index contributed by atoms with van der Waals surface area (Å²) in [7, 11) is 0. The number of benzene rings is 3. The fraction of sp³-hybridized carbons (Fsp3) is 0. The van der Waals surface area contributed by atoms with Gasteiger partial charge in [0, 0.05) is 20.9 Å². The number of hydrogen-bond donors (Lipinski definition) is 1. The number of aromatic amines is 1. The molecule has 4 rings (SSSR count). The normalized spacial score (nSPS) is 10.8. The summed E-state index contributed by atoms with van der Waals surface area (Å²) >= 11 is 3.40. The molecular formula is C22H14BrNO2. The van der Waals surface area contributed by atoms with Crippen molar-refractivity contribution in [3.05, 3.63) is 105 Å². The van der Waals surface area contributed by atoms with Crippen LogP contribution in [0.5, 0.6) is 0 Å². The minimum Gasteiger partial charge on any atom is -0.354 e. The predicted molar refractivity (Wildman–Crippen MR) is 108 cm³/mol. The minimum atomic E-state index is -0.285. The highest BCUT2D eigenvalue weighted by atomic mass is 79.9. The van der Waals surface area contributed by atoms with Crippen LogP contribution in [0.4, 0.5) is 0 Å². The molecule has 0 saturated carbocycles. The summed E-state index contributed by atoms with van der Waals surface area (Å²) in [4.78, 5) is 29.7. The Hall–Kier alpha value is -2.98. The first kappa shape index (κ1) is 16.5. The van der Waals surface area contributed by atoms with Crippen LogP contribution in [-0.2, 0) is 0 Å². The summed E-state index contributed by atoms with van der Waals surface area (Å²) in [5.74, 6) is -0.285. The fourth-order valence-electron chi connectivity index (χ4n) is 3.03. The third-order valence-corrected chi connectivity index (χ3v) is 4.78. The lowest BCUT2D eigenvalue weighted by atomic mass is 9.96. The lowest BCUT2D eigenvalue weighted by Gasteiger charge is -2.11. The summed E-state index contributed by atoms with van der Waals surface area (Å²) in [6.45, 7) is 0. The highest BCUT2D eigenvalue weighted by molar-refractivity contribution is 9.10. The van der Waals surface area contributed by atoms with Crippen molar-refractivity contribution in [2.45, 2.75) is 0 Å². The standard InChI is InChI=1S/C22H14BrNO2/c23-16-11-12-18-17(13-16)22(26)19(21(25)15-9-5-2-6-10-15)20(24-18)14-7-3-1-4-8-14/h1-13H,(H,24,26). The maximum Gasteiger partial charge on any atom is 0.201 e. The molecule has 3 aromatic carbocycles. The third-order valence-electron chi connectivity index (χ3n) is 4.29. The number of carbonyl (C=O) groups excluding carboxylic acids is 1. The van der Waals surface area contributed by atoms with Crippen LogP contribution >= 0.6 is 15.9 Å². The second-order valence-electron chi connectivity index (χ2n) is 5.96. The maximum atomic E-state index is 13.2. The molecule has 0 bridgehead atoms. The van der Waals surface area contributed by atoms with Gasteiger partial charge in [-0.2, -0.15) is 0 Å². The van der Waals surface area contributed by atoms with Crippen LogP contribution in [0.1, 0.15) is 15.9 Å². The van der Waals surface area contributed by atoms with Crippen molar-refractivity contribution in [3.8, 4) is 11.3 Å². The molecule has 0 aliphatic rings. The van der Waals surface area contributed by atoms with Gasteiger partial charge in [0.2, 0.25) is 5.43 Å². The lowest BCUT2D eigenvalue weighted by molar-refractivity contribution is 0.103. The topological polar surface area (TPSA) is 49.9 Å². The molecule has 1 N–H and O–H groups in total. The first-order chi connectivity index (χ1) is 12.6. The number of ketones is 1. The van der Waals surface area contributed by atoms with E-state index >= 15 is 0 Å². The van der Waals surface area contributed by atoms with Crippen LogP contribution in [0, 0.1) is 0 Å². The van der Waals surface area contributed by atoms with Gasteiger partial charge in [0.1, 0.15) is 0 Å². The molecule has 0 radical (unpaired) electrons. The van der Waals surface area contributed by atoms with Crippen molar-refractivity contribution >= 4 is 32.6 Å². The van der Waals surface area contributed by atoms with Crippen molar-refractivity contribution in [1.29, 1.82) is 0 Å². The summed E-state index contributed by atoms with van der Waals surface area (Å²) in [6.07, 6.45) is 0. The zero-order chi connectivity index (χ0) is 18.1. The Morgan fingerprint density at radius 3 is 2.19 bits per heavy atom. The molecule has 0 spiro atoms. The first-order valence-electron chi connectivity index (χ1n) is 8.16. The highest BCUT2D eigenvalue weighted by Crippen LogP contribution is 2.25. The van der Waals surface area contributed by atoms with Crippen molar-refractivity contribution < 1.29 is 4.79 Å². The van der Waals surface area contributed by atoms with E-state index < -0.39 is 0 Å². The van der Waals surface area contributed by atoms with E-state index in [1.807, 2.05) is 48.5 Å². The van der Waals surface area contributed by atoms with Crippen LogP contribution in [-0.4, -0.2) is 10.8 Å². The van der Waals surface area contributed by atoms with Gasteiger partial charge in [-0.1, -0.05) is 76.6 Å². The van der Waals surface area contributed by atoms with Gasteiger partial charge in [-0.3, -0.25) is 9.59 Å². The Bertz CT molecular complexity index is 1170. The van der Waals surface area contributed by atoms with Crippen LogP contribution in [0.15, 0.2) is 88.1 Å². The SMILES string of the molecule is O=C(c1ccccc1)c1c(-c2ccccc2)[nH]c2ccc(Br)cc2c1=O. The molecule has 26 heavy (non-hydrogen) atoms. The zero-order valence-electron chi connectivity index (χ0n) is 13.7. The molecule has 0 atom stereocenters. The monoisotopic (exact) mass is 403 g/mol. The lowest BCUT2D eigenvalue weighted by Crippen LogP contribution is -2.19. The maximum absolute atomic E-state index is 13.2. The van der Waals surface area contributed by atoms with Gasteiger partial charge in [-0.25, -0.2) is 0 Å². The average Bonchev–Trinajstić information content (AvgIpc) is 2.69. The van der Waals surface area contributed by atoms with Gasteiger partial charge in [0.25, 0.3) is 0 Å². The van der Waals surface area contributed by atoms with E-state index in [1.165, 1.54) is 0 Å². The Morgan fingerprint density at radius 1 is 0.846 bits per heavy atom. The second-order valence-corrected chi connectivity index (χ2v) is 6.87. The molecule has 126 valence electrons. The van der Waals surface area contributed by atoms with Gasteiger partial charge >= 0.3 is 0 Å². The molecule has 0 saturated heterocycles. The van der Waals surface area contributed by atoms with Gasteiger partial charge in [0.15, 0.2) is 5.78 Å². The molecule has 4 heteroatoms. The second kappa shape index (κ2) is 6.73. The summed E-state index contributed by atoms with van der Waals surface area (Å²) in [5.41, 5.74) is 2.42. The molecule has 1 heterocycles. The van der Waals surface area contributed by atoms with E-state index in [0.29, 0.717) is 22.2 Å². The van der Waals surface area contributed by atoms with Gasteiger partial charge in [-0.15, -0.1) is 0 Å². The smallest absolute Gasteiger partial charge is 0.201 e. The van der Waals surface area contributed by atoms with E-state index in [2.05, 4.69) is 20.9 Å². The number of aromatic nitrogens is 1. The average molecular weight is 404 g/mol. The van der Waals surface area contributed by atoms with Crippen molar-refractivity contribution in [2.75, 3.05) is 0 Å². The number of hydrogen-bond acceptors (Lipinski definition) is 2. The quantitative estimate of drug-likeness (QED) is 0.478. The first-order valence-corrected chi connectivity index (χ1v) is 8.95. The number of carbonyl (C=O) groups is 1. The number of rotatable bonds is 3. The van der Waals surface area contributed by atoms with Crippen molar-refractivity contribution in [2.24, 2.45) is 0 Å². The molecule has 0 amide bonds. The van der Waals surface area contributed by atoms with Gasteiger partial charge < -0.3 is 4.98 Å². The Balaban J connectivity index is 2.07. The molecule has 4 aromatic rings. The molecule has 0 fully saturated rings. The Labute approximate surface area is 158 Å². The molecule has 3 nitrogen and oxygen atoms in total. The number of pyridine rings is 1. The number of H-pyrrole nitrogens is 1. The third kappa shape index (κ3) is 2.89. The number of fused-ring (bicyclic) bond motifs is 1. The van der Waals surface area contributed by atoms with Gasteiger partial charge in [0.05, 0.1) is 11.3 Å². The molecule has 0 aliphatic carbocycles. The van der Waals surface area contributed by atoms with Crippen molar-refractivity contribution in [1.82, 2.24) is 4.98 Å². The summed E-state index contributed by atoms with van der Waals surface area (Å²) < 4.78 is 0.793. The van der Waals surface area contributed by atoms with E-state index in [9.17, 15) is 9.59 Å². The summed E-state index contributed by atoms with van der Waals surface area (Å²) in [6, 6.07) is 23.8. The van der Waals surface area contributed by atoms with Gasteiger partial charge in [-0.05, 0) is 23.8 Å². The highest BCUT2D eigenvalue weighted by Gasteiger charge is 2.21. The molecular weight excluding hydrogens is 390 g/mol. The van der Waals surface area contributed by atoms with Crippen LogP contribution in [0.2, 0.25) is 0 Å². The Morgan fingerprint density at radius 2 is 1.50 bits per heavy atom. The number of halogens is 1. The fourth-order valence-corrected chi connectivity index (χ4v) is 3.39. The molecule has 1 aromatic heterocycles. The predicted octanol–water partition coefficient (Wildman–Crippen LogP) is 5.19. The molecule has 0 unspecified atom stereocenters. The minimum absolute atomic E-state index is 0.160. The summed E-state index contributed by atoms with van der Waals surface area (Å²) in [5, 5.41) is 0.485. The van der Waals surface area contributed by atoms with E-state index in [-0.39, 0.29) is 16.8 Å². The van der Waals surface area contributed by atoms with Crippen molar-refractivity contribution in [3.63, 3.8) is 0 Å². The van der Waals surface area contributed by atoms with Crippen LogP contribution in [0.3, 0.4) is 0 Å². The number of nitrogens with one attached hydrogen (secondary N) is 1. The largest absolute Gasteiger partial charge is 0.354 e. The van der Waals surface area contributed by atoms with E-state index in [4.69, 9.17) is 0 Å². The van der Waals surface area contributed by atoms with E-state index in [1.54, 1.807) is 30.3 Å². The van der Waals surface area contributed by atoms with E-state index in [0.717, 1.165) is 10.0 Å². The van der Waals surface area contributed by atoms with Crippen LogP contribution < -0.4 is 5.43 Å². The van der Waals surface area contributed by atoms with Crippen LogP contribution in [0.25, 0.3) is 22.2 Å². The zero-order valence-corrected chi connectivity index (χ0v) is 15.3. The molecule has 0 aliphatic heterocycles. The Kier molecular flexibility index (Phi) is 4.27.